The molecule has 0 saturated heterocycles. The summed E-state index contributed by atoms with van der Waals surface area (Å²) in [5, 5.41) is 0. The first-order valence-corrected chi connectivity index (χ1v) is 8.78. The van der Waals surface area contributed by atoms with Crippen LogP contribution in [0.25, 0.3) is 5.57 Å². The van der Waals surface area contributed by atoms with Crippen molar-refractivity contribution >= 4 is 13.9 Å². The molecule has 15 heavy (non-hydrogen) atoms. The summed E-state index contributed by atoms with van der Waals surface area (Å²) in [7, 11) is -1.41. The molecule has 1 nitrogen and oxygen atoms in total. The van der Waals surface area contributed by atoms with Crippen molar-refractivity contribution in [3.63, 3.8) is 0 Å². The molecular weight excluding hydrogens is 200 g/mol. The number of benzene rings is 1. The van der Waals surface area contributed by atoms with Crippen molar-refractivity contribution in [3.05, 3.63) is 42.0 Å². The average molecular weight is 220 g/mol. The van der Waals surface area contributed by atoms with Gasteiger partial charge in [0.2, 0.25) is 0 Å². The van der Waals surface area contributed by atoms with Gasteiger partial charge in [-0.05, 0) is 37.7 Å². The van der Waals surface area contributed by atoms with E-state index in [2.05, 4.69) is 56.9 Å². The third-order valence-corrected chi connectivity index (χ3v) is 3.16. The Morgan fingerprint density at radius 3 is 2.27 bits per heavy atom. The molecule has 1 aromatic carbocycles. The first kappa shape index (κ1) is 12.2. The second kappa shape index (κ2) is 5.28. The maximum atomic E-state index is 5.91. The molecule has 1 rings (SSSR count). The Morgan fingerprint density at radius 1 is 1.20 bits per heavy atom. The van der Waals surface area contributed by atoms with Gasteiger partial charge in [0.25, 0.3) is 0 Å². The molecule has 2 heteroatoms. The molecule has 0 saturated carbocycles. The van der Waals surface area contributed by atoms with Crippen LogP contribution in [0.5, 0.6) is 0 Å². The lowest BCUT2D eigenvalue weighted by Gasteiger charge is -2.18. The smallest absolute Gasteiger partial charge is 0.184 e. The molecule has 0 unspecified atom stereocenters. The van der Waals surface area contributed by atoms with Crippen LogP contribution >= 0.6 is 0 Å². The minimum atomic E-state index is -1.41. The predicted octanol–water partition coefficient (Wildman–Crippen LogP) is 3.94. The molecule has 0 heterocycles. The van der Waals surface area contributed by atoms with Crippen molar-refractivity contribution in [2.75, 3.05) is 6.61 Å². The minimum Gasteiger partial charge on any atom is -0.413 e. The van der Waals surface area contributed by atoms with Gasteiger partial charge in [-0.3, -0.25) is 0 Å². The van der Waals surface area contributed by atoms with E-state index in [9.17, 15) is 0 Å². The summed E-state index contributed by atoms with van der Waals surface area (Å²) in [6.45, 7) is 9.44. The Balaban J connectivity index is 2.67. The van der Waals surface area contributed by atoms with E-state index in [1.165, 1.54) is 11.1 Å². The first-order chi connectivity index (χ1) is 7.03. The highest BCUT2D eigenvalue weighted by atomic mass is 28.4. The van der Waals surface area contributed by atoms with Crippen LogP contribution in [0.2, 0.25) is 19.6 Å². The van der Waals surface area contributed by atoms with Gasteiger partial charge in [-0.25, -0.2) is 0 Å². The molecule has 0 aliphatic heterocycles. The lowest BCUT2D eigenvalue weighted by molar-refractivity contribution is 0.364. The summed E-state index contributed by atoms with van der Waals surface area (Å²) in [6.07, 6.45) is 2.13. The molecule has 0 radical (unpaired) electrons. The lowest BCUT2D eigenvalue weighted by Crippen LogP contribution is -2.26. The molecule has 0 N–H and O–H groups in total. The van der Waals surface area contributed by atoms with E-state index >= 15 is 0 Å². The summed E-state index contributed by atoms with van der Waals surface area (Å²) in [5.74, 6) is 0. The summed E-state index contributed by atoms with van der Waals surface area (Å²) in [6, 6.07) is 10.4. The van der Waals surface area contributed by atoms with Gasteiger partial charge in [0.1, 0.15) is 0 Å². The second-order valence-electron chi connectivity index (χ2n) is 4.58. The van der Waals surface area contributed by atoms with E-state index in [-0.39, 0.29) is 0 Å². The molecule has 0 fully saturated rings. The Morgan fingerprint density at radius 2 is 1.80 bits per heavy atom. The van der Waals surface area contributed by atoms with Gasteiger partial charge >= 0.3 is 0 Å². The van der Waals surface area contributed by atoms with Crippen LogP contribution in [0.4, 0.5) is 0 Å². The van der Waals surface area contributed by atoms with Gasteiger partial charge in [0.05, 0.1) is 6.61 Å². The largest absolute Gasteiger partial charge is 0.413 e. The van der Waals surface area contributed by atoms with Gasteiger partial charge in [-0.15, -0.1) is 0 Å². The summed E-state index contributed by atoms with van der Waals surface area (Å²) >= 11 is 0. The number of allylic oxidation sites excluding steroid dienone is 1. The zero-order valence-electron chi connectivity index (χ0n) is 10.1. The Kier molecular flexibility index (Phi) is 4.30. The highest BCUT2D eigenvalue weighted by molar-refractivity contribution is 6.69. The zero-order valence-corrected chi connectivity index (χ0v) is 11.1. The van der Waals surface area contributed by atoms with Crippen LogP contribution in [-0.2, 0) is 4.43 Å². The van der Waals surface area contributed by atoms with E-state index in [1.54, 1.807) is 0 Å². The molecule has 82 valence electrons. The van der Waals surface area contributed by atoms with Crippen LogP contribution in [0.15, 0.2) is 36.4 Å². The van der Waals surface area contributed by atoms with E-state index in [0.717, 1.165) is 6.61 Å². The van der Waals surface area contributed by atoms with Crippen molar-refractivity contribution in [1.82, 2.24) is 0 Å². The lowest BCUT2D eigenvalue weighted by atomic mass is 10.1. The molecule has 0 spiro atoms. The normalized spacial score (nSPS) is 12.9. The summed E-state index contributed by atoms with van der Waals surface area (Å²) in [5.41, 5.74) is 2.54. The Hall–Kier alpha value is -0.863. The molecular formula is C13H20OSi. The average Bonchev–Trinajstić information content (AvgIpc) is 2.19. The van der Waals surface area contributed by atoms with E-state index in [1.807, 2.05) is 6.07 Å². The van der Waals surface area contributed by atoms with Crippen LogP contribution in [0.1, 0.15) is 12.5 Å². The van der Waals surface area contributed by atoms with Crippen molar-refractivity contribution < 1.29 is 4.43 Å². The highest BCUT2D eigenvalue weighted by Gasteiger charge is 2.14. The maximum Gasteiger partial charge on any atom is 0.184 e. The molecule has 0 bridgehead atoms. The summed E-state index contributed by atoms with van der Waals surface area (Å²) in [4.78, 5) is 0. The van der Waals surface area contributed by atoms with Crippen molar-refractivity contribution in [2.24, 2.45) is 0 Å². The van der Waals surface area contributed by atoms with Crippen molar-refractivity contribution in [1.29, 1.82) is 0 Å². The third kappa shape index (κ3) is 4.45. The molecule has 0 aliphatic rings. The predicted molar refractivity (Wildman–Crippen MR) is 69.4 cm³/mol. The second-order valence-corrected chi connectivity index (χ2v) is 9.09. The van der Waals surface area contributed by atoms with Gasteiger partial charge < -0.3 is 4.43 Å². The highest BCUT2D eigenvalue weighted by Crippen LogP contribution is 2.16. The van der Waals surface area contributed by atoms with Crippen molar-refractivity contribution in [2.45, 2.75) is 26.6 Å². The molecule has 0 aliphatic carbocycles. The van der Waals surface area contributed by atoms with Crippen LogP contribution < -0.4 is 0 Å². The number of rotatable bonds is 4. The number of hydrogen-bond donors (Lipinski definition) is 0. The van der Waals surface area contributed by atoms with E-state index in [4.69, 9.17) is 4.43 Å². The third-order valence-electron chi connectivity index (χ3n) is 2.15. The van der Waals surface area contributed by atoms with Crippen molar-refractivity contribution in [3.8, 4) is 0 Å². The fourth-order valence-electron chi connectivity index (χ4n) is 1.28. The van der Waals surface area contributed by atoms with Crippen LogP contribution in [-0.4, -0.2) is 14.9 Å². The van der Waals surface area contributed by atoms with E-state index in [0.29, 0.717) is 0 Å². The zero-order chi connectivity index (χ0) is 11.3. The SMILES string of the molecule is CC=C(CO[Si](C)(C)C)c1ccccc1. The van der Waals surface area contributed by atoms with Gasteiger partial charge in [0, 0.05) is 0 Å². The van der Waals surface area contributed by atoms with Gasteiger partial charge in [0.15, 0.2) is 8.32 Å². The quantitative estimate of drug-likeness (QED) is 0.698. The van der Waals surface area contributed by atoms with Gasteiger partial charge in [-0.2, -0.15) is 0 Å². The molecule has 0 aromatic heterocycles. The minimum absolute atomic E-state index is 0.732. The maximum absolute atomic E-state index is 5.91. The standard InChI is InChI=1S/C13H20OSi/c1-5-12(11-14-15(2,3)4)13-9-7-6-8-10-13/h5-10H,11H2,1-4H3. The molecule has 0 amide bonds. The Bertz CT molecular complexity index is 322. The first-order valence-electron chi connectivity index (χ1n) is 5.37. The van der Waals surface area contributed by atoms with Gasteiger partial charge in [-0.1, -0.05) is 36.4 Å². The van der Waals surface area contributed by atoms with Crippen LogP contribution in [0, 0.1) is 0 Å². The fourth-order valence-corrected chi connectivity index (χ4v) is 1.87. The summed E-state index contributed by atoms with van der Waals surface area (Å²) < 4.78 is 5.91. The molecule has 0 atom stereocenters. The molecule has 1 aromatic rings. The van der Waals surface area contributed by atoms with E-state index < -0.39 is 8.32 Å². The topological polar surface area (TPSA) is 9.23 Å². The Labute approximate surface area is 93.9 Å². The monoisotopic (exact) mass is 220 g/mol. The number of hydrogen-bond acceptors (Lipinski definition) is 1. The van der Waals surface area contributed by atoms with Crippen LogP contribution in [0.3, 0.4) is 0 Å². The fraction of sp³-hybridized carbons (Fsp3) is 0.385.